The Kier molecular flexibility index (Phi) is 4.01. The van der Waals surface area contributed by atoms with Gasteiger partial charge in [0.1, 0.15) is 0 Å². The normalized spacial score (nSPS) is 18.9. The number of H-pyrrole nitrogens is 1. The fourth-order valence-electron chi connectivity index (χ4n) is 2.64. The van der Waals surface area contributed by atoms with Crippen molar-refractivity contribution in [3.05, 3.63) is 35.9 Å². The molecule has 0 unspecified atom stereocenters. The number of amides is 1. The molecule has 21 heavy (non-hydrogen) atoms. The third-order valence-electron chi connectivity index (χ3n) is 3.85. The summed E-state index contributed by atoms with van der Waals surface area (Å²) in [5.74, 6) is 0.138. The highest BCUT2D eigenvalue weighted by molar-refractivity contribution is 5.77. The minimum Gasteiger partial charge on any atom is -0.377 e. The molecule has 1 N–H and O–H groups in total. The van der Waals surface area contributed by atoms with Crippen molar-refractivity contribution >= 4 is 5.91 Å². The highest BCUT2D eigenvalue weighted by atomic mass is 16.5. The lowest BCUT2D eigenvalue weighted by molar-refractivity contribution is -0.140. The number of aromatic amines is 1. The lowest BCUT2D eigenvalue weighted by Gasteiger charge is -2.35. The molecule has 0 aliphatic carbocycles. The third-order valence-corrected chi connectivity index (χ3v) is 3.85. The fourth-order valence-corrected chi connectivity index (χ4v) is 2.64. The molecular weight excluding hydrogens is 270 g/mol. The Labute approximate surface area is 122 Å². The molecule has 3 heterocycles. The zero-order valence-corrected chi connectivity index (χ0v) is 12.0. The molecular formula is C14H19N5O2. The van der Waals surface area contributed by atoms with Gasteiger partial charge in [0.25, 0.3) is 0 Å². The summed E-state index contributed by atoms with van der Waals surface area (Å²) in [6.07, 6.45) is 4.62. The van der Waals surface area contributed by atoms with Gasteiger partial charge in [-0.05, 0) is 18.6 Å². The van der Waals surface area contributed by atoms with E-state index in [-0.39, 0.29) is 11.9 Å². The Balaban J connectivity index is 1.65. The highest BCUT2D eigenvalue weighted by Crippen LogP contribution is 2.23. The first-order valence-electron chi connectivity index (χ1n) is 7.09. The molecule has 1 atom stereocenters. The molecule has 2 aromatic rings. The van der Waals surface area contributed by atoms with E-state index in [9.17, 15) is 4.79 Å². The van der Waals surface area contributed by atoms with Gasteiger partial charge in [0.05, 0.1) is 24.9 Å². The Morgan fingerprint density at radius 3 is 3.10 bits per heavy atom. The number of nitrogens with zero attached hydrogens (tertiary/aromatic N) is 4. The third kappa shape index (κ3) is 2.97. The van der Waals surface area contributed by atoms with Crippen molar-refractivity contribution in [3.63, 3.8) is 0 Å². The summed E-state index contributed by atoms with van der Waals surface area (Å²) >= 11 is 0. The van der Waals surface area contributed by atoms with Gasteiger partial charge in [-0.25, -0.2) is 0 Å². The smallest absolute Gasteiger partial charge is 0.223 e. The predicted octanol–water partition coefficient (Wildman–Crippen LogP) is 0.676. The number of rotatable bonds is 4. The lowest BCUT2D eigenvalue weighted by atomic mass is 10.1. The van der Waals surface area contributed by atoms with Crippen LogP contribution in [0.1, 0.15) is 23.9 Å². The molecule has 1 saturated heterocycles. The van der Waals surface area contributed by atoms with Crippen molar-refractivity contribution in [1.82, 2.24) is 24.9 Å². The summed E-state index contributed by atoms with van der Waals surface area (Å²) in [7, 11) is 1.89. The molecule has 1 amide bonds. The monoisotopic (exact) mass is 289 g/mol. The summed E-state index contributed by atoms with van der Waals surface area (Å²) in [5, 5.41) is 11.0. The van der Waals surface area contributed by atoms with Crippen LogP contribution >= 0.6 is 0 Å². The van der Waals surface area contributed by atoms with Crippen LogP contribution in [-0.2, 0) is 23.0 Å². The molecule has 0 spiro atoms. The number of morpholine rings is 1. The van der Waals surface area contributed by atoms with E-state index in [0.717, 1.165) is 11.4 Å². The van der Waals surface area contributed by atoms with Crippen LogP contribution < -0.4 is 0 Å². The van der Waals surface area contributed by atoms with E-state index in [0.29, 0.717) is 32.6 Å². The Morgan fingerprint density at radius 2 is 2.38 bits per heavy atom. The average molecular weight is 289 g/mol. The van der Waals surface area contributed by atoms with E-state index in [4.69, 9.17) is 4.74 Å². The largest absolute Gasteiger partial charge is 0.377 e. The zero-order valence-electron chi connectivity index (χ0n) is 12.0. The summed E-state index contributed by atoms with van der Waals surface area (Å²) in [6, 6.07) is 3.76. The van der Waals surface area contributed by atoms with Crippen LogP contribution in [0.15, 0.2) is 24.5 Å². The molecule has 1 fully saturated rings. The number of aromatic nitrogens is 4. The maximum atomic E-state index is 12.5. The van der Waals surface area contributed by atoms with Crippen LogP contribution in [0.4, 0.5) is 0 Å². The molecule has 0 radical (unpaired) electrons. The standard InChI is InChI=1S/C14H19N5O2/c1-18-11(4-7-16-18)2-3-14(20)19-8-9-21-10-13(19)12-5-6-15-17-12/h4-7,13H,2-3,8-10H2,1H3,(H,15,17)/t13-/m1/s1. The Morgan fingerprint density at radius 1 is 1.48 bits per heavy atom. The van der Waals surface area contributed by atoms with Crippen LogP contribution in [0.3, 0.4) is 0 Å². The summed E-state index contributed by atoms with van der Waals surface area (Å²) < 4.78 is 7.30. The van der Waals surface area contributed by atoms with Crippen LogP contribution in [0.5, 0.6) is 0 Å². The molecule has 2 aromatic heterocycles. The van der Waals surface area contributed by atoms with Crippen molar-refractivity contribution in [2.75, 3.05) is 19.8 Å². The van der Waals surface area contributed by atoms with Crippen LogP contribution in [0.25, 0.3) is 0 Å². The van der Waals surface area contributed by atoms with Crippen LogP contribution in [-0.4, -0.2) is 50.5 Å². The van der Waals surface area contributed by atoms with Crippen molar-refractivity contribution in [2.24, 2.45) is 7.05 Å². The minimum absolute atomic E-state index is 0.0692. The number of carbonyl (C=O) groups excluding carboxylic acids is 1. The number of aryl methyl sites for hydroxylation is 2. The minimum atomic E-state index is -0.0692. The van der Waals surface area contributed by atoms with Crippen LogP contribution in [0, 0.1) is 0 Å². The van der Waals surface area contributed by atoms with Crippen molar-refractivity contribution < 1.29 is 9.53 Å². The molecule has 1 aliphatic heterocycles. The second kappa shape index (κ2) is 6.09. The molecule has 7 nitrogen and oxygen atoms in total. The van der Waals surface area contributed by atoms with E-state index in [1.165, 1.54) is 0 Å². The number of nitrogens with one attached hydrogen (secondary N) is 1. The second-order valence-corrected chi connectivity index (χ2v) is 5.14. The topological polar surface area (TPSA) is 76.0 Å². The van der Waals surface area contributed by atoms with Gasteiger partial charge < -0.3 is 9.64 Å². The quantitative estimate of drug-likeness (QED) is 0.898. The van der Waals surface area contributed by atoms with E-state index >= 15 is 0 Å². The predicted molar refractivity (Wildman–Crippen MR) is 75.4 cm³/mol. The van der Waals surface area contributed by atoms with E-state index in [2.05, 4.69) is 15.3 Å². The summed E-state index contributed by atoms with van der Waals surface area (Å²) in [4.78, 5) is 14.4. The molecule has 0 bridgehead atoms. The van der Waals surface area contributed by atoms with Gasteiger partial charge in [-0.15, -0.1) is 0 Å². The van der Waals surface area contributed by atoms with Crippen molar-refractivity contribution in [2.45, 2.75) is 18.9 Å². The maximum absolute atomic E-state index is 12.5. The highest BCUT2D eigenvalue weighted by Gasteiger charge is 2.29. The van der Waals surface area contributed by atoms with Crippen LogP contribution in [0.2, 0.25) is 0 Å². The number of hydrogen-bond donors (Lipinski definition) is 1. The summed E-state index contributed by atoms with van der Waals surface area (Å²) in [5.41, 5.74) is 1.98. The van der Waals surface area contributed by atoms with Crippen molar-refractivity contribution in [1.29, 1.82) is 0 Å². The van der Waals surface area contributed by atoms with E-state index in [1.807, 2.05) is 24.1 Å². The average Bonchev–Trinajstić information content (AvgIpc) is 3.16. The SMILES string of the molecule is Cn1nccc1CCC(=O)N1CCOC[C@@H]1c1ccn[nH]1. The Hall–Kier alpha value is -2.15. The first-order chi connectivity index (χ1) is 10.3. The molecule has 0 saturated carbocycles. The van der Waals surface area contributed by atoms with Gasteiger partial charge >= 0.3 is 0 Å². The van der Waals surface area contributed by atoms with Gasteiger partial charge in [-0.1, -0.05) is 0 Å². The second-order valence-electron chi connectivity index (χ2n) is 5.14. The lowest BCUT2D eigenvalue weighted by Crippen LogP contribution is -2.43. The van der Waals surface area contributed by atoms with Crippen molar-refractivity contribution in [3.8, 4) is 0 Å². The van der Waals surface area contributed by atoms with Gasteiger partial charge in [-0.3, -0.25) is 14.6 Å². The van der Waals surface area contributed by atoms with E-state index in [1.54, 1.807) is 17.1 Å². The molecule has 112 valence electrons. The van der Waals surface area contributed by atoms with Gasteiger partial charge in [-0.2, -0.15) is 10.2 Å². The summed E-state index contributed by atoms with van der Waals surface area (Å²) in [6.45, 7) is 1.72. The molecule has 7 heteroatoms. The van der Waals surface area contributed by atoms with Gasteiger partial charge in [0.2, 0.25) is 5.91 Å². The number of carbonyl (C=O) groups is 1. The molecule has 1 aliphatic rings. The molecule has 3 rings (SSSR count). The maximum Gasteiger partial charge on any atom is 0.223 e. The van der Waals surface area contributed by atoms with E-state index < -0.39 is 0 Å². The molecule has 0 aromatic carbocycles. The number of ether oxygens (including phenoxy) is 1. The fraction of sp³-hybridized carbons (Fsp3) is 0.500. The van der Waals surface area contributed by atoms with Gasteiger partial charge in [0, 0.05) is 38.1 Å². The van der Waals surface area contributed by atoms with Gasteiger partial charge in [0.15, 0.2) is 0 Å². The first-order valence-corrected chi connectivity index (χ1v) is 7.09. The first kappa shape index (κ1) is 13.8. The zero-order chi connectivity index (χ0) is 14.7. The Bertz CT molecular complexity index is 592. The number of hydrogen-bond acceptors (Lipinski definition) is 4.